The second-order valence-corrected chi connectivity index (χ2v) is 9.33. The Hall–Kier alpha value is -2.35. The van der Waals surface area contributed by atoms with Crippen molar-refractivity contribution in [3.8, 4) is 0 Å². The van der Waals surface area contributed by atoms with Crippen LogP contribution in [-0.2, 0) is 21.7 Å². The molecule has 0 aliphatic heterocycles. The molecule has 0 fully saturated rings. The standard InChI is InChI=1S/C23H23ClN2O3S2/c1-2-3-12-29-22(28)17-6-10-19(11-7-17)25-21(27)13-20-15-31-23(26-20)30-14-16-4-8-18(24)9-5-16/h4-11,15H,2-3,12-14H2,1H3,(H,25,27). The molecule has 1 amide bonds. The van der Waals surface area contributed by atoms with Gasteiger partial charge >= 0.3 is 5.97 Å². The molecule has 3 rings (SSSR count). The van der Waals surface area contributed by atoms with Gasteiger partial charge in [0.25, 0.3) is 0 Å². The number of anilines is 1. The molecule has 0 aliphatic rings. The number of thiazole rings is 1. The van der Waals surface area contributed by atoms with Gasteiger partial charge in [0.05, 0.1) is 24.3 Å². The van der Waals surface area contributed by atoms with E-state index in [1.165, 1.54) is 16.9 Å². The van der Waals surface area contributed by atoms with Crippen LogP contribution in [0, 0.1) is 0 Å². The van der Waals surface area contributed by atoms with Gasteiger partial charge in [-0.05, 0) is 48.4 Å². The van der Waals surface area contributed by atoms with Gasteiger partial charge in [0.15, 0.2) is 0 Å². The van der Waals surface area contributed by atoms with Crippen molar-refractivity contribution in [3.05, 3.63) is 75.8 Å². The van der Waals surface area contributed by atoms with E-state index in [2.05, 4.69) is 10.3 Å². The second kappa shape index (κ2) is 11.9. The van der Waals surface area contributed by atoms with Gasteiger partial charge in [0.1, 0.15) is 4.34 Å². The van der Waals surface area contributed by atoms with Crippen LogP contribution in [0.5, 0.6) is 0 Å². The van der Waals surface area contributed by atoms with Crippen molar-refractivity contribution in [2.24, 2.45) is 0 Å². The van der Waals surface area contributed by atoms with Gasteiger partial charge in [-0.3, -0.25) is 4.79 Å². The van der Waals surface area contributed by atoms with E-state index in [0.29, 0.717) is 17.9 Å². The molecule has 0 saturated carbocycles. The number of nitrogens with one attached hydrogen (secondary N) is 1. The molecule has 0 saturated heterocycles. The maximum Gasteiger partial charge on any atom is 0.338 e. The van der Waals surface area contributed by atoms with Crippen LogP contribution in [0.3, 0.4) is 0 Å². The van der Waals surface area contributed by atoms with E-state index in [1.54, 1.807) is 36.0 Å². The lowest BCUT2D eigenvalue weighted by molar-refractivity contribution is -0.115. The summed E-state index contributed by atoms with van der Waals surface area (Å²) in [5.41, 5.74) is 3.00. The lowest BCUT2D eigenvalue weighted by Gasteiger charge is -2.06. The van der Waals surface area contributed by atoms with Gasteiger partial charge in [-0.25, -0.2) is 9.78 Å². The minimum atomic E-state index is -0.350. The number of benzene rings is 2. The van der Waals surface area contributed by atoms with Gasteiger partial charge in [-0.1, -0.05) is 48.8 Å². The Morgan fingerprint density at radius 2 is 1.87 bits per heavy atom. The number of halogens is 1. The molecule has 1 heterocycles. The summed E-state index contributed by atoms with van der Waals surface area (Å²) in [6, 6.07) is 14.4. The van der Waals surface area contributed by atoms with Crippen LogP contribution in [-0.4, -0.2) is 23.5 Å². The average molecular weight is 475 g/mol. The molecule has 0 radical (unpaired) electrons. The number of hydrogen-bond donors (Lipinski definition) is 1. The van der Waals surface area contributed by atoms with Crippen molar-refractivity contribution in [3.63, 3.8) is 0 Å². The summed E-state index contributed by atoms with van der Waals surface area (Å²) in [5, 5.41) is 5.46. The van der Waals surface area contributed by atoms with E-state index in [9.17, 15) is 9.59 Å². The molecule has 0 unspecified atom stereocenters. The Morgan fingerprint density at radius 1 is 1.13 bits per heavy atom. The molecule has 0 atom stereocenters. The van der Waals surface area contributed by atoms with Crippen LogP contribution in [0.4, 0.5) is 5.69 Å². The van der Waals surface area contributed by atoms with E-state index in [1.807, 2.05) is 36.6 Å². The number of aromatic nitrogens is 1. The Kier molecular flexibility index (Phi) is 8.94. The highest BCUT2D eigenvalue weighted by atomic mass is 35.5. The van der Waals surface area contributed by atoms with Gasteiger partial charge in [0.2, 0.25) is 5.91 Å². The van der Waals surface area contributed by atoms with E-state index in [4.69, 9.17) is 16.3 Å². The number of ether oxygens (including phenoxy) is 1. The average Bonchev–Trinajstić information content (AvgIpc) is 3.21. The molecule has 3 aromatic rings. The molecule has 5 nitrogen and oxygen atoms in total. The summed E-state index contributed by atoms with van der Waals surface area (Å²) in [6.45, 7) is 2.46. The maximum absolute atomic E-state index is 12.3. The third-order valence-electron chi connectivity index (χ3n) is 4.28. The summed E-state index contributed by atoms with van der Waals surface area (Å²) in [4.78, 5) is 28.8. The topological polar surface area (TPSA) is 68.3 Å². The first-order chi connectivity index (χ1) is 15.0. The molecule has 0 aliphatic carbocycles. The number of esters is 1. The van der Waals surface area contributed by atoms with E-state index < -0.39 is 0 Å². The van der Waals surface area contributed by atoms with Crippen LogP contribution < -0.4 is 5.32 Å². The number of carbonyl (C=O) groups excluding carboxylic acids is 2. The lowest BCUT2D eigenvalue weighted by Crippen LogP contribution is -2.14. The minimum Gasteiger partial charge on any atom is -0.462 e. The lowest BCUT2D eigenvalue weighted by atomic mass is 10.2. The highest BCUT2D eigenvalue weighted by Gasteiger charge is 2.11. The highest BCUT2D eigenvalue weighted by molar-refractivity contribution is 8.00. The molecule has 0 bridgehead atoms. The van der Waals surface area contributed by atoms with E-state index in [0.717, 1.165) is 33.7 Å². The van der Waals surface area contributed by atoms with Gasteiger partial charge < -0.3 is 10.1 Å². The Labute approximate surface area is 195 Å². The zero-order valence-electron chi connectivity index (χ0n) is 17.1. The summed E-state index contributed by atoms with van der Waals surface area (Å²) in [7, 11) is 0. The Balaban J connectivity index is 1.46. The fourth-order valence-electron chi connectivity index (χ4n) is 2.61. The number of thioether (sulfide) groups is 1. The number of unbranched alkanes of at least 4 members (excludes halogenated alkanes) is 1. The smallest absolute Gasteiger partial charge is 0.338 e. The number of hydrogen-bond acceptors (Lipinski definition) is 6. The van der Waals surface area contributed by atoms with Crippen molar-refractivity contribution >= 4 is 52.3 Å². The SMILES string of the molecule is CCCCOC(=O)c1ccc(NC(=O)Cc2csc(SCc3ccc(Cl)cc3)n2)cc1. The fraction of sp³-hybridized carbons (Fsp3) is 0.261. The van der Waals surface area contributed by atoms with Crippen molar-refractivity contribution in [2.45, 2.75) is 36.3 Å². The number of nitrogens with zero attached hydrogens (tertiary/aromatic N) is 1. The first kappa shape index (κ1) is 23.3. The quantitative estimate of drug-likeness (QED) is 0.214. The third-order valence-corrected chi connectivity index (χ3v) is 6.68. The van der Waals surface area contributed by atoms with Crippen molar-refractivity contribution in [2.75, 3.05) is 11.9 Å². The van der Waals surface area contributed by atoms with Crippen LogP contribution in [0.15, 0.2) is 58.3 Å². The molecular formula is C23H23ClN2O3S2. The van der Waals surface area contributed by atoms with Gasteiger partial charge in [-0.2, -0.15) is 0 Å². The van der Waals surface area contributed by atoms with Crippen molar-refractivity contribution in [1.29, 1.82) is 0 Å². The highest BCUT2D eigenvalue weighted by Crippen LogP contribution is 2.27. The van der Waals surface area contributed by atoms with E-state index >= 15 is 0 Å². The number of amides is 1. The summed E-state index contributed by atoms with van der Waals surface area (Å²) < 4.78 is 6.10. The molecule has 2 aromatic carbocycles. The molecule has 31 heavy (non-hydrogen) atoms. The first-order valence-electron chi connectivity index (χ1n) is 9.92. The van der Waals surface area contributed by atoms with Gasteiger partial charge in [-0.15, -0.1) is 11.3 Å². The van der Waals surface area contributed by atoms with E-state index in [-0.39, 0.29) is 18.3 Å². The van der Waals surface area contributed by atoms with Crippen LogP contribution in [0.2, 0.25) is 5.02 Å². The summed E-state index contributed by atoms with van der Waals surface area (Å²) in [6.07, 6.45) is 2.01. The molecular weight excluding hydrogens is 452 g/mol. The van der Waals surface area contributed by atoms with Gasteiger partial charge in [0, 0.05) is 21.8 Å². The molecule has 162 valence electrons. The van der Waals surface area contributed by atoms with Crippen LogP contribution >= 0.6 is 34.7 Å². The van der Waals surface area contributed by atoms with Crippen molar-refractivity contribution in [1.82, 2.24) is 4.98 Å². The Morgan fingerprint density at radius 3 is 2.58 bits per heavy atom. The van der Waals surface area contributed by atoms with Crippen molar-refractivity contribution < 1.29 is 14.3 Å². The first-order valence-corrected chi connectivity index (χ1v) is 12.2. The Bertz CT molecular complexity index is 1000. The maximum atomic E-state index is 12.3. The molecule has 1 aromatic heterocycles. The molecule has 0 spiro atoms. The third kappa shape index (κ3) is 7.69. The molecule has 1 N–H and O–H groups in total. The predicted octanol–water partition coefficient (Wildman–Crippen LogP) is 6.23. The number of rotatable bonds is 10. The normalized spacial score (nSPS) is 10.6. The molecule has 8 heteroatoms. The predicted molar refractivity (Wildman–Crippen MR) is 127 cm³/mol. The zero-order valence-corrected chi connectivity index (χ0v) is 19.5. The second-order valence-electron chi connectivity index (χ2n) is 6.81. The summed E-state index contributed by atoms with van der Waals surface area (Å²) >= 11 is 9.07. The summed E-state index contributed by atoms with van der Waals surface area (Å²) in [5.74, 6) is 0.291. The minimum absolute atomic E-state index is 0.155. The number of carbonyl (C=O) groups is 2. The zero-order chi connectivity index (χ0) is 22.1. The fourth-order valence-corrected chi connectivity index (χ4v) is 4.54. The van der Waals surface area contributed by atoms with Crippen LogP contribution in [0.1, 0.15) is 41.4 Å². The van der Waals surface area contributed by atoms with Crippen LogP contribution in [0.25, 0.3) is 0 Å². The largest absolute Gasteiger partial charge is 0.462 e. The monoisotopic (exact) mass is 474 g/mol.